The van der Waals surface area contributed by atoms with Crippen molar-refractivity contribution in [2.75, 3.05) is 38.0 Å². The summed E-state index contributed by atoms with van der Waals surface area (Å²) in [5.74, 6) is 0.672. The Morgan fingerprint density at radius 2 is 1.86 bits per heavy atom. The first-order valence-corrected chi connectivity index (χ1v) is 7.53. The number of hydrogen-bond acceptors (Lipinski definition) is 5. The smallest absolute Gasteiger partial charge is 0.274 e. The van der Waals surface area contributed by atoms with E-state index in [1.54, 1.807) is 12.1 Å². The number of rotatable bonds is 3. The molecule has 2 heterocycles. The summed E-state index contributed by atoms with van der Waals surface area (Å²) in [4.78, 5) is 16.7. The number of anilines is 1. The Kier molecular flexibility index (Phi) is 4.77. The van der Waals surface area contributed by atoms with E-state index in [1.807, 2.05) is 11.8 Å². The summed E-state index contributed by atoms with van der Waals surface area (Å²) in [5, 5.41) is 11.1. The van der Waals surface area contributed by atoms with E-state index in [0.29, 0.717) is 11.5 Å². The molecule has 1 fully saturated rings. The number of piperazine rings is 1. The van der Waals surface area contributed by atoms with Crippen LogP contribution >= 0.6 is 0 Å². The highest BCUT2D eigenvalue weighted by Gasteiger charge is 2.28. The fourth-order valence-corrected chi connectivity index (χ4v) is 2.46. The number of nitrogens with zero attached hydrogens (tertiary/aromatic N) is 4. The van der Waals surface area contributed by atoms with Crippen molar-refractivity contribution in [1.82, 2.24) is 20.0 Å². The Bertz CT molecular complexity index is 472. The fourth-order valence-electron chi connectivity index (χ4n) is 2.46. The van der Waals surface area contributed by atoms with Crippen molar-refractivity contribution in [2.45, 2.75) is 33.2 Å². The van der Waals surface area contributed by atoms with Gasteiger partial charge in [-0.05, 0) is 39.8 Å². The third kappa shape index (κ3) is 3.91. The molecule has 0 spiro atoms. The van der Waals surface area contributed by atoms with Gasteiger partial charge in [0.05, 0.1) is 0 Å². The lowest BCUT2D eigenvalue weighted by molar-refractivity contribution is 0.0446. The lowest BCUT2D eigenvalue weighted by atomic mass is 10.0. The molecule has 0 saturated carbocycles. The predicted octanol–water partition coefficient (Wildman–Crippen LogP) is 1.46. The molecule has 1 saturated heterocycles. The van der Waals surface area contributed by atoms with E-state index < -0.39 is 0 Å². The second-order valence-electron chi connectivity index (χ2n) is 6.28. The monoisotopic (exact) mass is 291 g/mol. The molecule has 1 aliphatic rings. The Hall–Kier alpha value is -1.69. The van der Waals surface area contributed by atoms with Gasteiger partial charge in [0, 0.05) is 38.3 Å². The van der Waals surface area contributed by atoms with Gasteiger partial charge in [-0.1, -0.05) is 0 Å². The third-order valence-corrected chi connectivity index (χ3v) is 3.76. The summed E-state index contributed by atoms with van der Waals surface area (Å²) in [6.07, 6.45) is 0. The van der Waals surface area contributed by atoms with Crippen LogP contribution < -0.4 is 5.32 Å². The highest BCUT2D eigenvalue weighted by atomic mass is 16.2. The summed E-state index contributed by atoms with van der Waals surface area (Å²) >= 11 is 0. The molecule has 21 heavy (non-hydrogen) atoms. The first-order valence-electron chi connectivity index (χ1n) is 7.53. The minimum Gasteiger partial charge on any atom is -0.369 e. The molecule has 1 aliphatic heterocycles. The summed E-state index contributed by atoms with van der Waals surface area (Å²) in [6, 6.07) is 3.54. The van der Waals surface area contributed by atoms with Crippen molar-refractivity contribution in [3.05, 3.63) is 17.8 Å². The molecular formula is C15H25N5O. The molecule has 0 unspecified atom stereocenters. The van der Waals surface area contributed by atoms with Crippen molar-refractivity contribution < 1.29 is 4.79 Å². The number of hydrogen-bond donors (Lipinski definition) is 1. The lowest BCUT2D eigenvalue weighted by Crippen LogP contribution is -2.54. The molecule has 1 N–H and O–H groups in total. The molecule has 6 heteroatoms. The van der Waals surface area contributed by atoms with Crippen molar-refractivity contribution >= 4 is 11.7 Å². The van der Waals surface area contributed by atoms with Crippen LogP contribution in [-0.2, 0) is 0 Å². The molecule has 0 atom stereocenters. The SMILES string of the molecule is CCNc1ccc(C(=O)N2CCN(C(C)(C)C)CC2)nn1. The predicted molar refractivity (Wildman–Crippen MR) is 83.4 cm³/mol. The van der Waals surface area contributed by atoms with E-state index >= 15 is 0 Å². The standard InChI is InChI=1S/C15H25N5O/c1-5-16-13-7-6-12(17-18-13)14(21)19-8-10-20(11-9-19)15(2,3)4/h6-7H,5,8-11H2,1-4H3,(H,16,18). The van der Waals surface area contributed by atoms with Crippen molar-refractivity contribution in [3.63, 3.8) is 0 Å². The maximum atomic E-state index is 12.4. The first-order chi connectivity index (χ1) is 9.91. The largest absolute Gasteiger partial charge is 0.369 e. The maximum absolute atomic E-state index is 12.4. The quantitative estimate of drug-likeness (QED) is 0.913. The van der Waals surface area contributed by atoms with Crippen LogP contribution in [0.5, 0.6) is 0 Å². The topological polar surface area (TPSA) is 61.4 Å². The molecule has 0 aromatic carbocycles. The van der Waals surface area contributed by atoms with Crippen molar-refractivity contribution in [3.8, 4) is 0 Å². The Morgan fingerprint density at radius 1 is 1.19 bits per heavy atom. The molecule has 1 amide bonds. The molecule has 1 aromatic heterocycles. The van der Waals surface area contributed by atoms with Gasteiger partial charge in [-0.15, -0.1) is 10.2 Å². The number of carbonyl (C=O) groups excluding carboxylic acids is 1. The Labute approximate surface area is 126 Å². The van der Waals surface area contributed by atoms with Gasteiger partial charge in [0.2, 0.25) is 0 Å². The van der Waals surface area contributed by atoms with E-state index in [9.17, 15) is 4.79 Å². The van der Waals surface area contributed by atoms with Gasteiger partial charge in [0.15, 0.2) is 5.69 Å². The number of carbonyl (C=O) groups is 1. The van der Waals surface area contributed by atoms with Gasteiger partial charge >= 0.3 is 0 Å². The molecule has 6 nitrogen and oxygen atoms in total. The van der Waals surface area contributed by atoms with Crippen LogP contribution in [0.15, 0.2) is 12.1 Å². The van der Waals surface area contributed by atoms with Crippen LogP contribution in [0.2, 0.25) is 0 Å². The second-order valence-corrected chi connectivity index (χ2v) is 6.28. The van der Waals surface area contributed by atoms with E-state index in [1.165, 1.54) is 0 Å². The molecular weight excluding hydrogens is 266 g/mol. The van der Waals surface area contributed by atoms with Crippen LogP contribution in [0, 0.1) is 0 Å². The van der Waals surface area contributed by atoms with Crippen molar-refractivity contribution in [2.24, 2.45) is 0 Å². The number of amides is 1. The van der Waals surface area contributed by atoms with E-state index in [4.69, 9.17) is 0 Å². The minimum atomic E-state index is -0.0286. The van der Waals surface area contributed by atoms with Crippen molar-refractivity contribution in [1.29, 1.82) is 0 Å². The maximum Gasteiger partial charge on any atom is 0.274 e. The second kappa shape index (κ2) is 6.39. The highest BCUT2D eigenvalue weighted by Crippen LogP contribution is 2.16. The van der Waals surface area contributed by atoms with Crippen LogP contribution in [0.1, 0.15) is 38.2 Å². The summed E-state index contributed by atoms with van der Waals surface area (Å²) in [5.41, 5.74) is 0.573. The zero-order valence-electron chi connectivity index (χ0n) is 13.4. The first kappa shape index (κ1) is 15.7. The molecule has 0 radical (unpaired) electrons. The van der Waals surface area contributed by atoms with E-state index in [0.717, 1.165) is 32.7 Å². The summed E-state index contributed by atoms with van der Waals surface area (Å²) in [7, 11) is 0. The zero-order chi connectivity index (χ0) is 15.5. The van der Waals surface area contributed by atoms with Crippen LogP contribution in [-0.4, -0.2) is 64.2 Å². The highest BCUT2D eigenvalue weighted by molar-refractivity contribution is 5.92. The molecule has 0 bridgehead atoms. The van der Waals surface area contributed by atoms with Gasteiger partial charge in [-0.2, -0.15) is 0 Å². The Balaban J connectivity index is 1.95. The van der Waals surface area contributed by atoms with Crippen LogP contribution in [0.3, 0.4) is 0 Å². The van der Waals surface area contributed by atoms with Gasteiger partial charge in [-0.3, -0.25) is 9.69 Å². The zero-order valence-corrected chi connectivity index (χ0v) is 13.4. The molecule has 0 aliphatic carbocycles. The number of nitrogens with one attached hydrogen (secondary N) is 1. The molecule has 2 rings (SSSR count). The van der Waals surface area contributed by atoms with Gasteiger partial charge in [0.1, 0.15) is 5.82 Å². The molecule has 116 valence electrons. The van der Waals surface area contributed by atoms with Crippen LogP contribution in [0.25, 0.3) is 0 Å². The van der Waals surface area contributed by atoms with Gasteiger partial charge in [0.25, 0.3) is 5.91 Å². The fraction of sp³-hybridized carbons (Fsp3) is 0.667. The lowest BCUT2D eigenvalue weighted by Gasteiger charge is -2.42. The minimum absolute atomic E-state index is 0.0286. The van der Waals surface area contributed by atoms with E-state index in [-0.39, 0.29) is 11.4 Å². The summed E-state index contributed by atoms with van der Waals surface area (Å²) in [6.45, 7) is 12.7. The number of aromatic nitrogens is 2. The normalized spacial score (nSPS) is 16.9. The average Bonchev–Trinajstić information content (AvgIpc) is 2.47. The van der Waals surface area contributed by atoms with Gasteiger partial charge in [-0.25, -0.2) is 0 Å². The summed E-state index contributed by atoms with van der Waals surface area (Å²) < 4.78 is 0. The molecule has 1 aromatic rings. The Morgan fingerprint density at radius 3 is 2.33 bits per heavy atom. The average molecular weight is 291 g/mol. The van der Waals surface area contributed by atoms with Crippen LogP contribution in [0.4, 0.5) is 5.82 Å². The van der Waals surface area contributed by atoms with E-state index in [2.05, 4.69) is 41.2 Å². The van der Waals surface area contributed by atoms with Gasteiger partial charge < -0.3 is 10.2 Å². The third-order valence-electron chi connectivity index (χ3n) is 3.76.